The highest BCUT2D eigenvalue weighted by Gasteiger charge is 2.25. The smallest absolute Gasteiger partial charge is 0.231 e. The number of nitrogens with two attached hydrogens (primary N) is 1. The molecule has 0 bridgehead atoms. The van der Waals surface area contributed by atoms with E-state index in [1.54, 1.807) is 0 Å². The summed E-state index contributed by atoms with van der Waals surface area (Å²) in [6.45, 7) is 8.30. The molecule has 0 unspecified atom stereocenters. The minimum absolute atomic E-state index is 0. The van der Waals surface area contributed by atoms with Crippen molar-refractivity contribution in [3.63, 3.8) is 0 Å². The summed E-state index contributed by atoms with van der Waals surface area (Å²) in [6, 6.07) is 7.94. The second-order valence-electron chi connectivity index (χ2n) is 5.32. The lowest BCUT2D eigenvalue weighted by atomic mass is 9.92. The van der Waals surface area contributed by atoms with E-state index in [2.05, 4.69) is 19.2 Å². The Bertz CT molecular complexity index is 385. The van der Waals surface area contributed by atoms with E-state index in [0.717, 1.165) is 5.69 Å². The van der Waals surface area contributed by atoms with Gasteiger partial charge in [0.15, 0.2) is 0 Å². The van der Waals surface area contributed by atoms with E-state index in [-0.39, 0.29) is 18.3 Å². The number of halogens is 1. The number of hydrogen-bond acceptors (Lipinski definition) is 2. The van der Waals surface area contributed by atoms with Gasteiger partial charge in [0.25, 0.3) is 0 Å². The number of anilines is 1. The summed E-state index contributed by atoms with van der Waals surface area (Å²) in [5, 5.41) is 2.88. The predicted molar refractivity (Wildman–Crippen MR) is 79.2 cm³/mol. The quantitative estimate of drug-likeness (QED) is 0.883. The van der Waals surface area contributed by atoms with Gasteiger partial charge >= 0.3 is 0 Å². The van der Waals surface area contributed by atoms with Crippen molar-refractivity contribution in [2.45, 2.75) is 33.6 Å². The molecule has 0 spiro atoms. The molecule has 0 fully saturated rings. The molecule has 0 radical (unpaired) electrons. The number of amides is 1. The molecule has 4 heteroatoms. The van der Waals surface area contributed by atoms with Crippen LogP contribution in [-0.2, 0) is 4.79 Å². The fraction of sp³-hybridized carbons (Fsp3) is 0.500. The first kappa shape index (κ1) is 16.9. The van der Waals surface area contributed by atoms with Gasteiger partial charge in [-0.2, -0.15) is 0 Å². The number of hydrogen-bond donors (Lipinski definition) is 2. The molecule has 0 aliphatic heterocycles. The Morgan fingerprint density at radius 1 is 1.28 bits per heavy atom. The van der Waals surface area contributed by atoms with E-state index in [9.17, 15) is 4.79 Å². The van der Waals surface area contributed by atoms with Gasteiger partial charge < -0.3 is 11.1 Å². The van der Waals surface area contributed by atoms with E-state index in [4.69, 9.17) is 5.73 Å². The molecule has 0 aromatic heterocycles. The first-order chi connectivity index (χ1) is 7.86. The fourth-order valence-corrected chi connectivity index (χ4v) is 1.34. The molecule has 0 aliphatic rings. The van der Waals surface area contributed by atoms with Crippen LogP contribution in [0.25, 0.3) is 0 Å². The predicted octanol–water partition coefficient (Wildman–Crippen LogP) is 3.16. The number of rotatable bonds is 4. The van der Waals surface area contributed by atoms with E-state index >= 15 is 0 Å². The molecule has 1 aromatic carbocycles. The fourth-order valence-electron chi connectivity index (χ4n) is 1.34. The normalized spacial score (nSPS) is 11.0. The molecule has 0 saturated carbocycles. The van der Waals surface area contributed by atoms with Crippen LogP contribution < -0.4 is 11.1 Å². The maximum absolute atomic E-state index is 11.9. The SMILES string of the molecule is CC(C)c1ccc(NC(=O)C(C)(C)CN)cc1.Cl. The van der Waals surface area contributed by atoms with Crippen LogP contribution in [0.4, 0.5) is 5.69 Å². The molecular weight excluding hydrogens is 248 g/mol. The Morgan fingerprint density at radius 3 is 2.17 bits per heavy atom. The summed E-state index contributed by atoms with van der Waals surface area (Å²) in [7, 11) is 0. The van der Waals surface area contributed by atoms with Crippen molar-refractivity contribution < 1.29 is 4.79 Å². The van der Waals surface area contributed by atoms with Crippen LogP contribution >= 0.6 is 12.4 Å². The molecule has 0 aliphatic carbocycles. The highest BCUT2D eigenvalue weighted by atomic mass is 35.5. The van der Waals surface area contributed by atoms with Gasteiger partial charge in [-0.3, -0.25) is 4.79 Å². The molecular formula is C14H23ClN2O. The highest BCUT2D eigenvalue weighted by Crippen LogP contribution is 2.20. The first-order valence-corrected chi connectivity index (χ1v) is 5.98. The Morgan fingerprint density at radius 2 is 1.78 bits per heavy atom. The van der Waals surface area contributed by atoms with Crippen molar-refractivity contribution >= 4 is 24.0 Å². The van der Waals surface area contributed by atoms with Gasteiger partial charge in [-0.25, -0.2) is 0 Å². The summed E-state index contributed by atoms with van der Waals surface area (Å²) in [5.74, 6) is 0.456. The van der Waals surface area contributed by atoms with E-state index in [1.807, 2.05) is 38.1 Å². The largest absolute Gasteiger partial charge is 0.329 e. The Labute approximate surface area is 116 Å². The standard InChI is InChI=1S/C14H22N2O.ClH/c1-10(2)11-5-7-12(8-6-11)16-13(17)14(3,4)9-15;/h5-8,10H,9,15H2,1-4H3,(H,16,17);1H. The molecule has 0 atom stereocenters. The van der Waals surface area contributed by atoms with Crippen molar-refractivity contribution in [2.24, 2.45) is 11.1 Å². The van der Waals surface area contributed by atoms with Crippen LogP contribution in [0.15, 0.2) is 24.3 Å². The molecule has 3 nitrogen and oxygen atoms in total. The zero-order chi connectivity index (χ0) is 13.1. The average Bonchev–Trinajstić information content (AvgIpc) is 2.29. The lowest BCUT2D eigenvalue weighted by Gasteiger charge is -2.21. The molecule has 1 aromatic rings. The Kier molecular flexibility index (Phi) is 6.36. The third kappa shape index (κ3) is 4.31. The van der Waals surface area contributed by atoms with Crippen molar-refractivity contribution in [1.29, 1.82) is 0 Å². The van der Waals surface area contributed by atoms with Gasteiger partial charge in [0.05, 0.1) is 5.41 Å². The van der Waals surface area contributed by atoms with E-state index in [0.29, 0.717) is 12.5 Å². The zero-order valence-electron chi connectivity index (χ0n) is 11.5. The minimum atomic E-state index is -0.531. The third-order valence-corrected chi connectivity index (χ3v) is 2.96. The van der Waals surface area contributed by atoms with Crippen LogP contribution in [0.5, 0.6) is 0 Å². The molecule has 102 valence electrons. The van der Waals surface area contributed by atoms with Gasteiger partial charge in [-0.05, 0) is 37.5 Å². The number of carbonyl (C=O) groups is 1. The second-order valence-corrected chi connectivity index (χ2v) is 5.32. The monoisotopic (exact) mass is 270 g/mol. The second kappa shape index (κ2) is 6.76. The van der Waals surface area contributed by atoms with Gasteiger partial charge in [-0.15, -0.1) is 12.4 Å². The van der Waals surface area contributed by atoms with Gasteiger partial charge in [0, 0.05) is 12.2 Å². The third-order valence-electron chi connectivity index (χ3n) is 2.96. The highest BCUT2D eigenvalue weighted by molar-refractivity contribution is 5.94. The molecule has 1 rings (SSSR count). The van der Waals surface area contributed by atoms with Crippen LogP contribution in [0, 0.1) is 5.41 Å². The molecule has 0 saturated heterocycles. The van der Waals surface area contributed by atoms with E-state index in [1.165, 1.54) is 5.56 Å². The number of nitrogens with one attached hydrogen (secondary N) is 1. The molecule has 1 amide bonds. The molecule has 3 N–H and O–H groups in total. The first-order valence-electron chi connectivity index (χ1n) is 5.98. The van der Waals surface area contributed by atoms with Crippen LogP contribution in [0.2, 0.25) is 0 Å². The van der Waals surface area contributed by atoms with Crippen LogP contribution in [0.3, 0.4) is 0 Å². The summed E-state index contributed by atoms with van der Waals surface area (Å²) in [4.78, 5) is 11.9. The lowest BCUT2D eigenvalue weighted by Crippen LogP contribution is -2.37. The summed E-state index contributed by atoms with van der Waals surface area (Å²) in [6.07, 6.45) is 0. The Balaban J connectivity index is 0.00000289. The molecule has 18 heavy (non-hydrogen) atoms. The minimum Gasteiger partial charge on any atom is -0.329 e. The summed E-state index contributed by atoms with van der Waals surface area (Å²) in [5.41, 5.74) is 7.12. The number of carbonyl (C=O) groups excluding carboxylic acids is 1. The van der Waals surface area contributed by atoms with Gasteiger partial charge in [0.1, 0.15) is 0 Å². The van der Waals surface area contributed by atoms with E-state index < -0.39 is 5.41 Å². The van der Waals surface area contributed by atoms with Gasteiger partial charge in [-0.1, -0.05) is 26.0 Å². The summed E-state index contributed by atoms with van der Waals surface area (Å²) < 4.78 is 0. The van der Waals surface area contributed by atoms with Crippen molar-refractivity contribution in [2.75, 3.05) is 11.9 Å². The summed E-state index contributed by atoms with van der Waals surface area (Å²) >= 11 is 0. The lowest BCUT2D eigenvalue weighted by molar-refractivity contribution is -0.123. The maximum atomic E-state index is 11.9. The Hall–Kier alpha value is -1.06. The zero-order valence-corrected chi connectivity index (χ0v) is 12.3. The topological polar surface area (TPSA) is 55.1 Å². The van der Waals surface area contributed by atoms with Crippen molar-refractivity contribution in [3.8, 4) is 0 Å². The molecule has 0 heterocycles. The average molecular weight is 271 g/mol. The number of benzene rings is 1. The van der Waals surface area contributed by atoms with Gasteiger partial charge in [0.2, 0.25) is 5.91 Å². The van der Waals surface area contributed by atoms with Crippen molar-refractivity contribution in [3.05, 3.63) is 29.8 Å². The van der Waals surface area contributed by atoms with Crippen molar-refractivity contribution in [1.82, 2.24) is 0 Å². The van der Waals surface area contributed by atoms with Crippen LogP contribution in [0.1, 0.15) is 39.2 Å². The maximum Gasteiger partial charge on any atom is 0.231 e. The van der Waals surface area contributed by atoms with Crippen LogP contribution in [-0.4, -0.2) is 12.5 Å².